The standard InChI is InChI=1S/C14H21N3/c1-2-15-14(17-10-6-7-11-17)16-12-13-8-4-3-5-9-13/h3-5,8-9H,2,6-7,10-12H2,1H3,(H,15,16). The molecule has 1 aromatic carbocycles. The zero-order valence-electron chi connectivity index (χ0n) is 10.5. The van der Waals surface area contributed by atoms with Crippen molar-refractivity contribution < 1.29 is 0 Å². The van der Waals surface area contributed by atoms with Gasteiger partial charge in [0.1, 0.15) is 0 Å². The molecule has 0 amide bonds. The van der Waals surface area contributed by atoms with E-state index in [2.05, 4.69) is 41.4 Å². The van der Waals surface area contributed by atoms with Gasteiger partial charge in [0.05, 0.1) is 6.54 Å². The molecule has 3 heteroatoms. The quantitative estimate of drug-likeness (QED) is 0.638. The number of nitrogens with one attached hydrogen (secondary N) is 1. The van der Waals surface area contributed by atoms with E-state index >= 15 is 0 Å². The van der Waals surface area contributed by atoms with Gasteiger partial charge in [0.15, 0.2) is 5.96 Å². The van der Waals surface area contributed by atoms with Crippen molar-refractivity contribution >= 4 is 5.96 Å². The molecular weight excluding hydrogens is 210 g/mol. The molecule has 1 heterocycles. The van der Waals surface area contributed by atoms with Crippen molar-refractivity contribution in [2.75, 3.05) is 19.6 Å². The molecule has 0 spiro atoms. The molecule has 92 valence electrons. The smallest absolute Gasteiger partial charge is 0.194 e. The first kappa shape index (κ1) is 12.0. The van der Waals surface area contributed by atoms with Gasteiger partial charge in [0.2, 0.25) is 0 Å². The minimum atomic E-state index is 0.764. The highest BCUT2D eigenvalue weighted by molar-refractivity contribution is 5.80. The van der Waals surface area contributed by atoms with E-state index in [0.717, 1.165) is 32.1 Å². The van der Waals surface area contributed by atoms with Crippen LogP contribution in [0.1, 0.15) is 25.3 Å². The summed E-state index contributed by atoms with van der Waals surface area (Å²) in [5.41, 5.74) is 1.27. The number of aliphatic imine (C=N–C) groups is 1. The van der Waals surface area contributed by atoms with Crippen molar-refractivity contribution in [3.8, 4) is 0 Å². The summed E-state index contributed by atoms with van der Waals surface area (Å²) in [7, 11) is 0. The molecule has 0 radical (unpaired) electrons. The van der Waals surface area contributed by atoms with Crippen LogP contribution in [0.15, 0.2) is 35.3 Å². The summed E-state index contributed by atoms with van der Waals surface area (Å²) in [6.07, 6.45) is 2.57. The third-order valence-corrected chi connectivity index (χ3v) is 2.99. The maximum Gasteiger partial charge on any atom is 0.194 e. The second kappa shape index (κ2) is 6.28. The zero-order valence-corrected chi connectivity index (χ0v) is 10.5. The molecule has 0 unspecified atom stereocenters. The maximum absolute atomic E-state index is 4.70. The lowest BCUT2D eigenvalue weighted by molar-refractivity contribution is 0.493. The molecule has 2 rings (SSSR count). The van der Waals surface area contributed by atoms with E-state index in [1.165, 1.54) is 18.4 Å². The summed E-state index contributed by atoms with van der Waals surface area (Å²) in [6, 6.07) is 10.4. The molecule has 1 fully saturated rings. The fraction of sp³-hybridized carbons (Fsp3) is 0.500. The Morgan fingerprint density at radius 1 is 1.24 bits per heavy atom. The molecule has 0 aliphatic carbocycles. The fourth-order valence-electron chi connectivity index (χ4n) is 2.10. The van der Waals surface area contributed by atoms with Gasteiger partial charge in [-0.3, -0.25) is 0 Å². The molecule has 17 heavy (non-hydrogen) atoms. The lowest BCUT2D eigenvalue weighted by atomic mass is 10.2. The van der Waals surface area contributed by atoms with Crippen molar-refractivity contribution in [2.45, 2.75) is 26.3 Å². The Balaban J connectivity index is 1.99. The van der Waals surface area contributed by atoms with Crippen molar-refractivity contribution in [1.82, 2.24) is 10.2 Å². The van der Waals surface area contributed by atoms with Crippen LogP contribution in [-0.4, -0.2) is 30.5 Å². The fourth-order valence-corrected chi connectivity index (χ4v) is 2.10. The van der Waals surface area contributed by atoms with Gasteiger partial charge in [-0.25, -0.2) is 4.99 Å². The van der Waals surface area contributed by atoms with Gasteiger partial charge in [-0.15, -0.1) is 0 Å². The average Bonchev–Trinajstić information content (AvgIpc) is 2.89. The Hall–Kier alpha value is -1.51. The summed E-state index contributed by atoms with van der Waals surface area (Å²) in [6.45, 7) is 6.10. The normalized spacial score (nSPS) is 16.3. The summed E-state index contributed by atoms with van der Waals surface area (Å²) >= 11 is 0. The number of hydrogen-bond acceptors (Lipinski definition) is 1. The van der Waals surface area contributed by atoms with E-state index < -0.39 is 0 Å². The van der Waals surface area contributed by atoms with Crippen molar-refractivity contribution in [3.63, 3.8) is 0 Å². The summed E-state index contributed by atoms with van der Waals surface area (Å²) in [5, 5.41) is 3.37. The highest BCUT2D eigenvalue weighted by Crippen LogP contribution is 2.08. The van der Waals surface area contributed by atoms with Crippen LogP contribution in [0, 0.1) is 0 Å². The monoisotopic (exact) mass is 231 g/mol. The molecule has 0 atom stereocenters. The second-order valence-electron chi connectivity index (χ2n) is 4.35. The molecule has 0 saturated carbocycles. The van der Waals surface area contributed by atoms with Gasteiger partial charge in [-0.1, -0.05) is 30.3 Å². The first-order valence-electron chi connectivity index (χ1n) is 6.47. The zero-order chi connectivity index (χ0) is 11.9. The van der Waals surface area contributed by atoms with Crippen molar-refractivity contribution in [3.05, 3.63) is 35.9 Å². The predicted molar refractivity (Wildman–Crippen MR) is 72.1 cm³/mol. The molecule has 1 N–H and O–H groups in total. The number of likely N-dealkylation sites (tertiary alicyclic amines) is 1. The second-order valence-corrected chi connectivity index (χ2v) is 4.35. The molecule has 1 aliphatic heterocycles. The van der Waals surface area contributed by atoms with E-state index in [1.54, 1.807) is 0 Å². The van der Waals surface area contributed by atoms with Gasteiger partial charge in [0.25, 0.3) is 0 Å². The van der Waals surface area contributed by atoms with Crippen LogP contribution in [0.3, 0.4) is 0 Å². The number of rotatable bonds is 3. The molecular formula is C14H21N3. The average molecular weight is 231 g/mol. The van der Waals surface area contributed by atoms with Crippen molar-refractivity contribution in [2.24, 2.45) is 4.99 Å². The van der Waals surface area contributed by atoms with E-state index in [-0.39, 0.29) is 0 Å². The van der Waals surface area contributed by atoms with Crippen LogP contribution in [0.4, 0.5) is 0 Å². The Morgan fingerprint density at radius 2 is 1.94 bits per heavy atom. The lowest BCUT2D eigenvalue weighted by Gasteiger charge is -2.20. The van der Waals surface area contributed by atoms with Gasteiger partial charge >= 0.3 is 0 Å². The van der Waals surface area contributed by atoms with E-state index in [4.69, 9.17) is 4.99 Å². The Kier molecular flexibility index (Phi) is 4.42. The minimum absolute atomic E-state index is 0.764. The van der Waals surface area contributed by atoms with E-state index in [9.17, 15) is 0 Å². The molecule has 0 bridgehead atoms. The van der Waals surface area contributed by atoms with Gasteiger partial charge in [-0.2, -0.15) is 0 Å². The number of benzene rings is 1. The third-order valence-electron chi connectivity index (χ3n) is 2.99. The minimum Gasteiger partial charge on any atom is -0.357 e. The van der Waals surface area contributed by atoms with Gasteiger partial charge in [-0.05, 0) is 25.3 Å². The largest absolute Gasteiger partial charge is 0.357 e. The number of nitrogens with zero attached hydrogens (tertiary/aromatic N) is 2. The Morgan fingerprint density at radius 3 is 2.59 bits per heavy atom. The number of hydrogen-bond donors (Lipinski definition) is 1. The molecule has 3 nitrogen and oxygen atoms in total. The maximum atomic E-state index is 4.70. The van der Waals surface area contributed by atoms with Crippen molar-refractivity contribution in [1.29, 1.82) is 0 Å². The van der Waals surface area contributed by atoms with Crippen LogP contribution in [0.5, 0.6) is 0 Å². The molecule has 1 aromatic rings. The van der Waals surface area contributed by atoms with Crippen LogP contribution in [0.2, 0.25) is 0 Å². The van der Waals surface area contributed by atoms with E-state index in [0.29, 0.717) is 0 Å². The van der Waals surface area contributed by atoms with Gasteiger partial charge < -0.3 is 10.2 Å². The molecule has 1 aliphatic rings. The summed E-state index contributed by atoms with van der Waals surface area (Å²) < 4.78 is 0. The van der Waals surface area contributed by atoms with E-state index in [1.807, 2.05) is 6.07 Å². The van der Waals surface area contributed by atoms with Crippen LogP contribution in [0.25, 0.3) is 0 Å². The first-order chi connectivity index (χ1) is 8.40. The first-order valence-corrected chi connectivity index (χ1v) is 6.47. The van der Waals surface area contributed by atoms with Crippen LogP contribution < -0.4 is 5.32 Å². The number of guanidine groups is 1. The predicted octanol–water partition coefficient (Wildman–Crippen LogP) is 2.25. The summed E-state index contributed by atoms with van der Waals surface area (Å²) in [5.74, 6) is 1.06. The molecule has 1 saturated heterocycles. The highest BCUT2D eigenvalue weighted by Gasteiger charge is 2.15. The third kappa shape index (κ3) is 3.48. The van der Waals surface area contributed by atoms with Crippen LogP contribution in [-0.2, 0) is 6.54 Å². The topological polar surface area (TPSA) is 27.6 Å². The Labute approximate surface area is 104 Å². The molecule has 0 aromatic heterocycles. The van der Waals surface area contributed by atoms with Gasteiger partial charge in [0, 0.05) is 19.6 Å². The highest BCUT2D eigenvalue weighted by atomic mass is 15.3. The van der Waals surface area contributed by atoms with Crippen LogP contribution >= 0.6 is 0 Å². The lowest BCUT2D eigenvalue weighted by Crippen LogP contribution is -2.39. The summed E-state index contributed by atoms with van der Waals surface area (Å²) in [4.78, 5) is 7.05. The SMILES string of the molecule is CCNC(=NCc1ccccc1)N1CCCC1. The Bertz CT molecular complexity index is 353.